The van der Waals surface area contributed by atoms with Gasteiger partial charge in [-0.2, -0.15) is 0 Å². The van der Waals surface area contributed by atoms with Crippen LogP contribution in [-0.4, -0.2) is 24.4 Å². The van der Waals surface area contributed by atoms with Gasteiger partial charge in [0.25, 0.3) is 0 Å². The third-order valence-corrected chi connectivity index (χ3v) is 3.50. The van der Waals surface area contributed by atoms with Gasteiger partial charge < -0.3 is 9.84 Å². The highest BCUT2D eigenvalue weighted by atomic mass is 16.5. The molecule has 0 spiro atoms. The van der Waals surface area contributed by atoms with Crippen molar-refractivity contribution in [2.45, 2.75) is 32.3 Å². The van der Waals surface area contributed by atoms with E-state index in [1.165, 1.54) is 19.3 Å². The highest BCUT2D eigenvalue weighted by Crippen LogP contribution is 2.41. The number of ether oxygens (including phenoxy) is 1. The topological polar surface area (TPSA) is 29.5 Å². The van der Waals surface area contributed by atoms with Crippen molar-refractivity contribution in [1.29, 1.82) is 0 Å². The molecule has 4 atom stereocenters. The lowest BCUT2D eigenvalue weighted by Crippen LogP contribution is -2.33. The van der Waals surface area contributed by atoms with E-state index in [0.29, 0.717) is 30.5 Å². The van der Waals surface area contributed by atoms with E-state index in [1.54, 1.807) is 0 Å². The summed E-state index contributed by atoms with van der Waals surface area (Å²) in [6.07, 6.45) is 4.11. The average Bonchev–Trinajstić information content (AvgIpc) is 2.48. The molecule has 1 aliphatic heterocycles. The molecule has 12 heavy (non-hydrogen) atoms. The molecule has 0 amide bonds. The van der Waals surface area contributed by atoms with E-state index in [1.807, 2.05) is 0 Å². The Hall–Kier alpha value is -0.0800. The Balaban J connectivity index is 2.07. The van der Waals surface area contributed by atoms with E-state index < -0.39 is 0 Å². The van der Waals surface area contributed by atoms with Gasteiger partial charge in [0.05, 0.1) is 6.10 Å². The predicted octanol–water partition coefficient (Wildman–Crippen LogP) is 1.43. The van der Waals surface area contributed by atoms with Crippen LogP contribution in [-0.2, 0) is 4.74 Å². The molecular weight excluding hydrogens is 152 g/mol. The van der Waals surface area contributed by atoms with Gasteiger partial charge in [-0.25, -0.2) is 0 Å². The Bertz CT molecular complexity index is 156. The minimum Gasteiger partial charge on any atom is -0.396 e. The van der Waals surface area contributed by atoms with E-state index >= 15 is 0 Å². The molecule has 2 aliphatic rings. The summed E-state index contributed by atoms with van der Waals surface area (Å²) in [7, 11) is 0. The lowest BCUT2D eigenvalue weighted by atomic mass is 9.73. The molecule has 1 N–H and O–H groups in total. The molecule has 2 fully saturated rings. The largest absolute Gasteiger partial charge is 0.396 e. The summed E-state index contributed by atoms with van der Waals surface area (Å²) in [6.45, 7) is 3.51. The van der Waals surface area contributed by atoms with E-state index in [-0.39, 0.29) is 0 Å². The van der Waals surface area contributed by atoms with Crippen molar-refractivity contribution in [3.63, 3.8) is 0 Å². The fraction of sp³-hybridized carbons (Fsp3) is 1.00. The molecule has 1 saturated heterocycles. The summed E-state index contributed by atoms with van der Waals surface area (Å²) >= 11 is 0. The third kappa shape index (κ3) is 1.27. The number of aliphatic hydroxyl groups is 1. The number of hydrogen-bond donors (Lipinski definition) is 1. The molecule has 0 aromatic rings. The lowest BCUT2D eigenvalue weighted by molar-refractivity contribution is 0.0256. The summed E-state index contributed by atoms with van der Waals surface area (Å²) in [5.74, 6) is 1.82. The second-order valence-corrected chi connectivity index (χ2v) is 4.30. The molecule has 0 bridgehead atoms. The average molecular weight is 170 g/mol. The van der Waals surface area contributed by atoms with Gasteiger partial charge in [-0.15, -0.1) is 0 Å². The van der Waals surface area contributed by atoms with Gasteiger partial charge in [0, 0.05) is 13.2 Å². The second-order valence-electron chi connectivity index (χ2n) is 4.30. The van der Waals surface area contributed by atoms with Crippen molar-refractivity contribution in [2.24, 2.45) is 17.8 Å². The van der Waals surface area contributed by atoms with Crippen LogP contribution < -0.4 is 0 Å². The summed E-state index contributed by atoms with van der Waals surface area (Å²) in [5.41, 5.74) is 0. The van der Waals surface area contributed by atoms with Crippen molar-refractivity contribution in [3.8, 4) is 0 Å². The molecule has 0 aromatic carbocycles. The number of fused-ring (bicyclic) bond motifs is 1. The first-order valence-corrected chi connectivity index (χ1v) is 5.05. The maximum absolute atomic E-state index is 9.20. The molecule has 1 heterocycles. The Morgan fingerprint density at radius 3 is 3.00 bits per heavy atom. The molecule has 0 radical (unpaired) electrons. The summed E-state index contributed by atoms with van der Waals surface area (Å²) in [5, 5.41) is 9.20. The highest BCUT2D eigenvalue weighted by molar-refractivity contribution is 4.89. The van der Waals surface area contributed by atoms with Crippen LogP contribution in [0.4, 0.5) is 0 Å². The first-order chi connectivity index (χ1) is 5.83. The fourth-order valence-corrected chi connectivity index (χ4v) is 2.89. The molecule has 1 saturated carbocycles. The van der Waals surface area contributed by atoms with Gasteiger partial charge in [-0.1, -0.05) is 13.3 Å². The zero-order valence-electron chi connectivity index (χ0n) is 7.70. The van der Waals surface area contributed by atoms with Crippen LogP contribution in [0.3, 0.4) is 0 Å². The van der Waals surface area contributed by atoms with Crippen LogP contribution in [0.25, 0.3) is 0 Å². The van der Waals surface area contributed by atoms with Gasteiger partial charge in [0.2, 0.25) is 0 Å². The molecule has 0 aromatic heterocycles. The fourth-order valence-electron chi connectivity index (χ4n) is 2.89. The van der Waals surface area contributed by atoms with E-state index in [2.05, 4.69) is 6.92 Å². The number of aliphatic hydroxyl groups excluding tert-OH is 1. The molecular formula is C10H18O2. The number of rotatable bonds is 1. The van der Waals surface area contributed by atoms with Crippen LogP contribution in [0.5, 0.6) is 0 Å². The van der Waals surface area contributed by atoms with Gasteiger partial charge in [-0.3, -0.25) is 0 Å². The van der Waals surface area contributed by atoms with Crippen molar-refractivity contribution < 1.29 is 9.84 Å². The smallest absolute Gasteiger partial charge is 0.0610 e. The maximum Gasteiger partial charge on any atom is 0.0610 e. The zero-order valence-corrected chi connectivity index (χ0v) is 7.70. The minimum atomic E-state index is 0.356. The molecule has 2 nitrogen and oxygen atoms in total. The normalized spacial score (nSPS) is 47.5. The zero-order chi connectivity index (χ0) is 8.55. The van der Waals surface area contributed by atoms with E-state index in [0.717, 1.165) is 6.61 Å². The molecule has 2 heteroatoms. The highest BCUT2D eigenvalue weighted by Gasteiger charge is 2.41. The molecule has 1 aliphatic carbocycles. The SMILES string of the molecule is CC1COC2CCCC(CO)C12. The van der Waals surface area contributed by atoms with Gasteiger partial charge >= 0.3 is 0 Å². The first kappa shape index (κ1) is 8.52. The van der Waals surface area contributed by atoms with Crippen molar-refractivity contribution in [1.82, 2.24) is 0 Å². The van der Waals surface area contributed by atoms with Crippen LogP contribution in [0.2, 0.25) is 0 Å². The van der Waals surface area contributed by atoms with Crippen LogP contribution in [0.1, 0.15) is 26.2 Å². The second kappa shape index (κ2) is 3.35. The van der Waals surface area contributed by atoms with E-state index in [4.69, 9.17) is 4.74 Å². The van der Waals surface area contributed by atoms with Gasteiger partial charge in [-0.05, 0) is 30.6 Å². The van der Waals surface area contributed by atoms with Gasteiger partial charge in [0.1, 0.15) is 0 Å². The Morgan fingerprint density at radius 1 is 1.42 bits per heavy atom. The predicted molar refractivity (Wildman–Crippen MR) is 46.8 cm³/mol. The van der Waals surface area contributed by atoms with Gasteiger partial charge in [0.15, 0.2) is 0 Å². The van der Waals surface area contributed by atoms with Crippen molar-refractivity contribution in [3.05, 3.63) is 0 Å². The Labute approximate surface area is 73.9 Å². The first-order valence-electron chi connectivity index (χ1n) is 5.05. The summed E-state index contributed by atoms with van der Waals surface area (Å²) in [6, 6.07) is 0. The van der Waals surface area contributed by atoms with Crippen molar-refractivity contribution >= 4 is 0 Å². The van der Waals surface area contributed by atoms with Crippen molar-refractivity contribution in [2.75, 3.05) is 13.2 Å². The minimum absolute atomic E-state index is 0.356. The monoisotopic (exact) mass is 170 g/mol. The summed E-state index contributed by atoms with van der Waals surface area (Å²) < 4.78 is 5.69. The molecule has 70 valence electrons. The number of hydrogen-bond acceptors (Lipinski definition) is 2. The lowest BCUT2D eigenvalue weighted by Gasteiger charge is -2.33. The third-order valence-electron chi connectivity index (χ3n) is 3.50. The van der Waals surface area contributed by atoms with Crippen LogP contribution >= 0.6 is 0 Å². The molecule has 2 rings (SSSR count). The summed E-state index contributed by atoms with van der Waals surface area (Å²) in [4.78, 5) is 0. The maximum atomic E-state index is 9.20. The van der Waals surface area contributed by atoms with E-state index in [9.17, 15) is 5.11 Å². The van der Waals surface area contributed by atoms with Crippen LogP contribution in [0.15, 0.2) is 0 Å². The standard InChI is InChI=1S/C10H18O2/c1-7-6-12-9-4-2-3-8(5-11)10(7)9/h7-11H,2-6H2,1H3. The quantitative estimate of drug-likeness (QED) is 0.645. The Kier molecular flexibility index (Phi) is 2.37. The van der Waals surface area contributed by atoms with Crippen LogP contribution in [0, 0.1) is 17.8 Å². The Morgan fingerprint density at radius 2 is 2.25 bits per heavy atom. The molecule has 4 unspecified atom stereocenters.